The van der Waals surface area contributed by atoms with E-state index in [1.165, 1.54) is 0 Å². The van der Waals surface area contributed by atoms with Gasteiger partial charge in [0.05, 0.1) is 13.2 Å². The monoisotopic (exact) mass is 334 g/mol. The van der Waals surface area contributed by atoms with Gasteiger partial charge in [-0.15, -0.1) is 0 Å². The number of β-amino-alcohol motifs (C(OH)–C–C–N with tert-alkyl or cyclic N) is 1. The van der Waals surface area contributed by atoms with Crippen LogP contribution >= 0.6 is 0 Å². The number of rotatable bonds is 7. The fourth-order valence-corrected chi connectivity index (χ4v) is 2.89. The Morgan fingerprint density at radius 1 is 1.04 bits per heavy atom. The van der Waals surface area contributed by atoms with Crippen molar-refractivity contribution < 1.29 is 9.90 Å². The van der Waals surface area contributed by atoms with Gasteiger partial charge < -0.3 is 14.9 Å². The van der Waals surface area contributed by atoms with Crippen LogP contribution in [0, 0.1) is 0 Å². The number of anilines is 1. The molecule has 0 radical (unpaired) electrons. The van der Waals surface area contributed by atoms with Gasteiger partial charge in [-0.1, -0.05) is 12.1 Å². The molecule has 1 aliphatic heterocycles. The van der Waals surface area contributed by atoms with Gasteiger partial charge in [0.25, 0.3) is 0 Å². The Kier molecular flexibility index (Phi) is 7.02. The van der Waals surface area contributed by atoms with E-state index in [1.807, 2.05) is 21.1 Å². The molecule has 1 heterocycles. The molecule has 0 aromatic heterocycles. The van der Waals surface area contributed by atoms with Crippen LogP contribution in [-0.4, -0.2) is 92.7 Å². The second kappa shape index (κ2) is 9.01. The average Bonchev–Trinajstić information content (AvgIpc) is 2.57. The van der Waals surface area contributed by atoms with Gasteiger partial charge in [0.2, 0.25) is 5.91 Å². The molecule has 0 bridgehead atoms. The molecule has 24 heavy (non-hydrogen) atoms. The van der Waals surface area contributed by atoms with E-state index in [-0.39, 0.29) is 12.5 Å². The highest BCUT2D eigenvalue weighted by Crippen LogP contribution is 2.13. The van der Waals surface area contributed by atoms with E-state index in [4.69, 9.17) is 5.11 Å². The maximum absolute atomic E-state index is 12.4. The van der Waals surface area contributed by atoms with Gasteiger partial charge in [0, 0.05) is 66.1 Å². The first-order chi connectivity index (χ1) is 11.5. The van der Waals surface area contributed by atoms with Gasteiger partial charge in [-0.3, -0.25) is 14.6 Å². The quantitative estimate of drug-likeness (QED) is 0.778. The molecule has 1 aromatic carbocycles. The molecule has 0 spiro atoms. The van der Waals surface area contributed by atoms with Crippen LogP contribution < -0.4 is 4.90 Å². The summed E-state index contributed by atoms with van der Waals surface area (Å²) in [6.07, 6.45) is 0. The third-order valence-electron chi connectivity index (χ3n) is 4.54. The second-order valence-corrected chi connectivity index (χ2v) is 6.65. The number of hydrogen-bond acceptors (Lipinski definition) is 5. The zero-order valence-electron chi connectivity index (χ0n) is 15.1. The van der Waals surface area contributed by atoms with E-state index in [9.17, 15) is 4.79 Å². The van der Waals surface area contributed by atoms with Gasteiger partial charge in [0.1, 0.15) is 0 Å². The van der Waals surface area contributed by atoms with Gasteiger partial charge in [-0.25, -0.2) is 0 Å². The number of likely N-dealkylation sites (N-methyl/N-ethyl adjacent to an activating group) is 1. The van der Waals surface area contributed by atoms with E-state index in [0.29, 0.717) is 13.1 Å². The van der Waals surface area contributed by atoms with Crippen LogP contribution in [0.15, 0.2) is 24.3 Å². The average molecular weight is 334 g/mol. The molecule has 0 saturated carbocycles. The molecule has 1 aliphatic rings. The number of aliphatic hydroxyl groups is 1. The minimum Gasteiger partial charge on any atom is -0.395 e. The molecule has 0 unspecified atom stereocenters. The normalized spacial score (nSPS) is 16.2. The summed E-state index contributed by atoms with van der Waals surface area (Å²) in [6.45, 7) is 5.65. The Morgan fingerprint density at radius 3 is 2.17 bits per heavy atom. The smallest absolute Gasteiger partial charge is 0.236 e. The van der Waals surface area contributed by atoms with Crippen molar-refractivity contribution in [2.45, 2.75) is 6.54 Å². The van der Waals surface area contributed by atoms with Crippen molar-refractivity contribution in [3.63, 3.8) is 0 Å². The standard InChI is InChI=1S/C18H30N4O2/c1-19(2)17-6-4-16(5-7-17)14-20(3)18(24)15-22-10-8-21(9-11-22)12-13-23/h4-7,23H,8-15H2,1-3H3. The molecule has 134 valence electrons. The molecule has 1 amide bonds. The summed E-state index contributed by atoms with van der Waals surface area (Å²) in [5, 5.41) is 8.97. The predicted octanol–water partition coefficient (Wildman–Crippen LogP) is 0.321. The maximum Gasteiger partial charge on any atom is 0.236 e. The SMILES string of the molecule is CN(Cc1ccc(N(C)C)cc1)C(=O)CN1CCN(CCO)CC1. The zero-order valence-corrected chi connectivity index (χ0v) is 15.1. The van der Waals surface area contributed by atoms with Crippen molar-refractivity contribution in [1.29, 1.82) is 0 Å². The van der Waals surface area contributed by atoms with Crippen LogP contribution in [-0.2, 0) is 11.3 Å². The highest BCUT2D eigenvalue weighted by atomic mass is 16.3. The van der Waals surface area contributed by atoms with Crippen LogP contribution in [0.1, 0.15) is 5.56 Å². The van der Waals surface area contributed by atoms with Crippen molar-refractivity contribution in [3.05, 3.63) is 29.8 Å². The fraction of sp³-hybridized carbons (Fsp3) is 0.611. The van der Waals surface area contributed by atoms with Crippen LogP contribution in [0.25, 0.3) is 0 Å². The number of carbonyl (C=O) groups is 1. The summed E-state index contributed by atoms with van der Waals surface area (Å²) >= 11 is 0. The summed E-state index contributed by atoms with van der Waals surface area (Å²) in [7, 11) is 5.90. The molecule has 2 rings (SSSR count). The van der Waals surface area contributed by atoms with E-state index >= 15 is 0 Å². The minimum atomic E-state index is 0.155. The second-order valence-electron chi connectivity index (χ2n) is 6.65. The van der Waals surface area contributed by atoms with Gasteiger partial charge in [-0.05, 0) is 17.7 Å². The van der Waals surface area contributed by atoms with Crippen molar-refractivity contribution in [1.82, 2.24) is 14.7 Å². The summed E-state index contributed by atoms with van der Waals surface area (Å²) in [4.78, 5) is 20.7. The van der Waals surface area contributed by atoms with Crippen LogP contribution in [0.3, 0.4) is 0 Å². The Morgan fingerprint density at radius 2 is 1.62 bits per heavy atom. The van der Waals surface area contributed by atoms with Crippen LogP contribution in [0.2, 0.25) is 0 Å². The van der Waals surface area contributed by atoms with Gasteiger partial charge in [-0.2, -0.15) is 0 Å². The molecule has 0 atom stereocenters. The fourth-order valence-electron chi connectivity index (χ4n) is 2.89. The summed E-state index contributed by atoms with van der Waals surface area (Å²) in [6, 6.07) is 8.31. The van der Waals surface area contributed by atoms with E-state index < -0.39 is 0 Å². The summed E-state index contributed by atoms with van der Waals surface area (Å²) in [5.74, 6) is 0.155. The molecule has 1 saturated heterocycles. The first-order valence-corrected chi connectivity index (χ1v) is 8.55. The number of amides is 1. The molecular weight excluding hydrogens is 304 g/mol. The summed E-state index contributed by atoms with van der Waals surface area (Å²) < 4.78 is 0. The topological polar surface area (TPSA) is 50.3 Å². The number of carbonyl (C=O) groups excluding carboxylic acids is 1. The molecule has 6 nitrogen and oxygen atoms in total. The summed E-state index contributed by atoms with van der Waals surface area (Å²) in [5.41, 5.74) is 2.30. The van der Waals surface area contributed by atoms with E-state index in [0.717, 1.165) is 44.0 Å². The maximum atomic E-state index is 12.4. The van der Waals surface area contributed by atoms with Gasteiger partial charge >= 0.3 is 0 Å². The van der Waals surface area contributed by atoms with E-state index in [2.05, 4.69) is 39.0 Å². The van der Waals surface area contributed by atoms with Crippen molar-refractivity contribution in [3.8, 4) is 0 Å². The molecule has 1 fully saturated rings. The number of hydrogen-bond donors (Lipinski definition) is 1. The lowest BCUT2D eigenvalue weighted by Gasteiger charge is -2.34. The lowest BCUT2D eigenvalue weighted by Crippen LogP contribution is -2.50. The Balaban J connectivity index is 1.78. The Bertz CT molecular complexity index is 510. The Labute approximate surface area is 145 Å². The zero-order chi connectivity index (χ0) is 17.5. The van der Waals surface area contributed by atoms with Crippen molar-refractivity contribution in [2.24, 2.45) is 0 Å². The largest absolute Gasteiger partial charge is 0.395 e. The third-order valence-corrected chi connectivity index (χ3v) is 4.54. The van der Waals surface area contributed by atoms with Crippen molar-refractivity contribution in [2.75, 3.05) is 71.9 Å². The minimum absolute atomic E-state index is 0.155. The molecular formula is C18H30N4O2. The molecule has 1 N–H and O–H groups in total. The molecule has 1 aromatic rings. The number of nitrogens with zero attached hydrogens (tertiary/aromatic N) is 4. The first-order valence-electron chi connectivity index (χ1n) is 8.55. The molecule has 6 heteroatoms. The lowest BCUT2D eigenvalue weighted by atomic mass is 10.2. The highest BCUT2D eigenvalue weighted by Gasteiger charge is 2.20. The van der Waals surface area contributed by atoms with Crippen molar-refractivity contribution >= 4 is 11.6 Å². The number of benzene rings is 1. The number of piperazine rings is 1. The third kappa shape index (κ3) is 5.47. The molecule has 0 aliphatic carbocycles. The Hall–Kier alpha value is -1.63. The van der Waals surface area contributed by atoms with Crippen LogP contribution in [0.4, 0.5) is 5.69 Å². The first kappa shape index (κ1) is 18.7. The van der Waals surface area contributed by atoms with E-state index in [1.54, 1.807) is 4.90 Å². The van der Waals surface area contributed by atoms with Crippen LogP contribution in [0.5, 0.6) is 0 Å². The predicted molar refractivity (Wildman–Crippen MR) is 97.2 cm³/mol. The highest BCUT2D eigenvalue weighted by molar-refractivity contribution is 5.78. The van der Waals surface area contributed by atoms with Gasteiger partial charge in [0.15, 0.2) is 0 Å². The lowest BCUT2D eigenvalue weighted by molar-refractivity contribution is -0.132. The number of aliphatic hydroxyl groups excluding tert-OH is 1.